The molecule has 0 spiro atoms. The fourth-order valence-corrected chi connectivity index (χ4v) is 3.49. The fraction of sp³-hybridized carbons (Fsp3) is 0.412. The topological polar surface area (TPSA) is 73.4 Å². The normalized spacial score (nSPS) is 13.6. The third kappa shape index (κ3) is 4.98. The van der Waals surface area contributed by atoms with Gasteiger partial charge < -0.3 is 19.2 Å². The Morgan fingerprint density at radius 1 is 1.40 bits per heavy atom. The molecule has 134 valence electrons. The van der Waals surface area contributed by atoms with E-state index < -0.39 is 0 Å². The van der Waals surface area contributed by atoms with Crippen LogP contribution < -0.4 is 10.3 Å². The van der Waals surface area contributed by atoms with E-state index in [1.165, 1.54) is 17.8 Å². The van der Waals surface area contributed by atoms with Crippen LogP contribution in [-0.2, 0) is 28.4 Å². The Balaban J connectivity index is 1.71. The Kier molecular flexibility index (Phi) is 6.01. The lowest BCUT2D eigenvalue weighted by Gasteiger charge is -2.19. The van der Waals surface area contributed by atoms with Gasteiger partial charge >= 0.3 is 0 Å². The van der Waals surface area contributed by atoms with E-state index in [4.69, 9.17) is 25.8 Å². The van der Waals surface area contributed by atoms with Gasteiger partial charge in [-0.2, -0.15) is 0 Å². The summed E-state index contributed by atoms with van der Waals surface area (Å²) in [4.78, 5) is 19.0. The van der Waals surface area contributed by atoms with Gasteiger partial charge in [0.25, 0.3) is 5.56 Å². The molecule has 1 aliphatic heterocycles. The summed E-state index contributed by atoms with van der Waals surface area (Å²) in [5.41, 5.74) is 2.36. The first-order valence-electron chi connectivity index (χ1n) is 7.88. The summed E-state index contributed by atoms with van der Waals surface area (Å²) in [7, 11) is 0. The maximum atomic E-state index is 11.8. The minimum Gasteiger partial charge on any atom is -0.466 e. The molecule has 0 bridgehead atoms. The number of benzene rings is 1. The standard InChI is InChI=1S/C17H19ClN2O4S/c1-10(2)23-7-13-5-15(21)20-17(19-13)25-8-11-3-12-6-22-9-24-16(12)14(18)4-11/h3-5,10H,6-9H2,1-2H3,(H,19,20,21). The van der Waals surface area contributed by atoms with Gasteiger partial charge in [-0.1, -0.05) is 23.4 Å². The Labute approximate surface area is 154 Å². The van der Waals surface area contributed by atoms with Crippen molar-refractivity contribution in [1.29, 1.82) is 0 Å². The quantitative estimate of drug-likeness (QED) is 0.608. The lowest BCUT2D eigenvalue weighted by atomic mass is 10.1. The molecule has 0 radical (unpaired) electrons. The maximum absolute atomic E-state index is 11.8. The number of nitrogens with one attached hydrogen (secondary N) is 1. The number of hydrogen-bond donors (Lipinski definition) is 1. The number of aromatic nitrogens is 2. The van der Waals surface area contributed by atoms with Crippen molar-refractivity contribution in [3.8, 4) is 5.75 Å². The average Bonchev–Trinajstić information content (AvgIpc) is 2.58. The van der Waals surface area contributed by atoms with E-state index in [1.807, 2.05) is 26.0 Å². The van der Waals surface area contributed by atoms with E-state index in [9.17, 15) is 4.79 Å². The zero-order valence-corrected chi connectivity index (χ0v) is 15.6. The van der Waals surface area contributed by atoms with Gasteiger partial charge in [0.05, 0.1) is 30.0 Å². The Morgan fingerprint density at radius 2 is 2.24 bits per heavy atom. The van der Waals surface area contributed by atoms with Gasteiger partial charge in [0.2, 0.25) is 0 Å². The van der Waals surface area contributed by atoms with E-state index in [1.54, 1.807) is 0 Å². The van der Waals surface area contributed by atoms with E-state index in [0.717, 1.165) is 11.1 Å². The molecule has 0 atom stereocenters. The minimum atomic E-state index is -0.190. The lowest BCUT2D eigenvalue weighted by Crippen LogP contribution is -2.13. The number of H-pyrrole nitrogens is 1. The monoisotopic (exact) mass is 382 g/mol. The molecule has 3 rings (SSSR count). The second-order valence-electron chi connectivity index (χ2n) is 5.87. The highest BCUT2D eigenvalue weighted by atomic mass is 35.5. The first kappa shape index (κ1) is 18.3. The van der Waals surface area contributed by atoms with Crippen LogP contribution in [0.25, 0.3) is 0 Å². The molecule has 0 fully saturated rings. The molecule has 6 nitrogen and oxygen atoms in total. The smallest absolute Gasteiger partial charge is 0.251 e. The average molecular weight is 383 g/mol. The third-order valence-corrected chi connectivity index (χ3v) is 4.66. The molecule has 0 unspecified atom stereocenters. The van der Waals surface area contributed by atoms with E-state index in [2.05, 4.69) is 9.97 Å². The van der Waals surface area contributed by atoms with Gasteiger partial charge in [0.15, 0.2) is 11.9 Å². The highest BCUT2D eigenvalue weighted by molar-refractivity contribution is 7.98. The Hall–Kier alpha value is -1.54. The number of thioether (sulfide) groups is 1. The summed E-state index contributed by atoms with van der Waals surface area (Å²) < 4.78 is 16.2. The van der Waals surface area contributed by atoms with Crippen molar-refractivity contribution in [3.63, 3.8) is 0 Å². The molecule has 0 aliphatic carbocycles. The second kappa shape index (κ2) is 8.23. The highest BCUT2D eigenvalue weighted by Gasteiger charge is 2.16. The first-order valence-corrected chi connectivity index (χ1v) is 9.24. The van der Waals surface area contributed by atoms with Gasteiger partial charge in [-0.15, -0.1) is 0 Å². The molecule has 2 aromatic rings. The third-order valence-electron chi connectivity index (χ3n) is 3.44. The van der Waals surface area contributed by atoms with Gasteiger partial charge in [0, 0.05) is 17.4 Å². The summed E-state index contributed by atoms with van der Waals surface area (Å²) in [5, 5.41) is 1.12. The summed E-state index contributed by atoms with van der Waals surface area (Å²) >= 11 is 7.70. The number of fused-ring (bicyclic) bond motifs is 1. The molecule has 0 amide bonds. The zero-order valence-electron chi connectivity index (χ0n) is 14.0. The van der Waals surface area contributed by atoms with Crippen LogP contribution in [0.2, 0.25) is 5.02 Å². The van der Waals surface area contributed by atoms with E-state index >= 15 is 0 Å². The fourth-order valence-electron chi connectivity index (χ4n) is 2.35. The van der Waals surface area contributed by atoms with Crippen LogP contribution >= 0.6 is 23.4 Å². The van der Waals surface area contributed by atoms with E-state index in [0.29, 0.717) is 40.6 Å². The van der Waals surface area contributed by atoms with Crippen LogP contribution in [0.15, 0.2) is 28.2 Å². The van der Waals surface area contributed by atoms with Crippen LogP contribution in [-0.4, -0.2) is 22.9 Å². The van der Waals surface area contributed by atoms with Crippen molar-refractivity contribution >= 4 is 23.4 Å². The van der Waals surface area contributed by atoms with Crippen molar-refractivity contribution in [3.05, 3.63) is 50.4 Å². The summed E-state index contributed by atoms with van der Waals surface area (Å²) in [6.07, 6.45) is 0.0827. The first-order chi connectivity index (χ1) is 12.0. The van der Waals surface area contributed by atoms with Gasteiger partial charge in [0.1, 0.15) is 5.75 Å². The molecular formula is C17H19ClN2O4S. The molecule has 8 heteroatoms. The van der Waals surface area contributed by atoms with Gasteiger partial charge in [-0.25, -0.2) is 4.98 Å². The zero-order chi connectivity index (χ0) is 17.8. The Morgan fingerprint density at radius 3 is 3.04 bits per heavy atom. The predicted octanol–water partition coefficient (Wildman–Crippen LogP) is 3.51. The van der Waals surface area contributed by atoms with Crippen LogP contribution in [0.3, 0.4) is 0 Å². The van der Waals surface area contributed by atoms with Crippen molar-refractivity contribution in [1.82, 2.24) is 9.97 Å². The predicted molar refractivity (Wildman–Crippen MR) is 96.1 cm³/mol. The maximum Gasteiger partial charge on any atom is 0.251 e. The number of nitrogens with zero attached hydrogens (tertiary/aromatic N) is 1. The lowest BCUT2D eigenvalue weighted by molar-refractivity contribution is -0.0163. The Bertz CT molecular complexity index is 810. The van der Waals surface area contributed by atoms with Gasteiger partial charge in [-0.3, -0.25) is 4.79 Å². The van der Waals surface area contributed by atoms with Crippen LogP contribution in [0.5, 0.6) is 5.75 Å². The van der Waals surface area contributed by atoms with Crippen molar-refractivity contribution in [2.45, 2.75) is 44.1 Å². The van der Waals surface area contributed by atoms with Crippen LogP contribution in [0.4, 0.5) is 0 Å². The highest BCUT2D eigenvalue weighted by Crippen LogP contribution is 2.34. The molecular weight excluding hydrogens is 364 g/mol. The van der Waals surface area contributed by atoms with E-state index in [-0.39, 0.29) is 18.5 Å². The van der Waals surface area contributed by atoms with Crippen LogP contribution in [0, 0.1) is 0 Å². The molecule has 25 heavy (non-hydrogen) atoms. The molecule has 1 aromatic carbocycles. The van der Waals surface area contributed by atoms with Crippen LogP contribution in [0.1, 0.15) is 30.7 Å². The molecule has 0 saturated carbocycles. The van der Waals surface area contributed by atoms with Gasteiger partial charge in [-0.05, 0) is 31.5 Å². The number of aromatic amines is 1. The van der Waals surface area contributed by atoms with Crippen molar-refractivity contribution in [2.24, 2.45) is 0 Å². The minimum absolute atomic E-state index is 0.0827. The second-order valence-corrected chi connectivity index (χ2v) is 7.24. The summed E-state index contributed by atoms with van der Waals surface area (Å²) in [6, 6.07) is 5.32. The number of ether oxygens (including phenoxy) is 3. The van der Waals surface area contributed by atoms with Crippen molar-refractivity contribution in [2.75, 3.05) is 6.79 Å². The van der Waals surface area contributed by atoms with Crippen molar-refractivity contribution < 1.29 is 14.2 Å². The summed E-state index contributed by atoms with van der Waals surface area (Å²) in [6.45, 7) is 4.89. The number of hydrogen-bond acceptors (Lipinski definition) is 6. The number of halogens is 1. The molecule has 2 heterocycles. The SMILES string of the molecule is CC(C)OCc1cc(=O)[nH]c(SCc2cc(Cl)c3c(c2)COCO3)n1. The molecule has 0 saturated heterocycles. The summed E-state index contributed by atoms with van der Waals surface area (Å²) in [5.74, 6) is 1.30. The molecule has 1 N–H and O–H groups in total. The molecule has 1 aromatic heterocycles. The number of rotatable bonds is 6. The molecule has 1 aliphatic rings. The largest absolute Gasteiger partial charge is 0.466 e.